The number of rotatable bonds is 2. The quantitative estimate of drug-likeness (QED) is 0.651. The van der Waals surface area contributed by atoms with Crippen LogP contribution in [-0.2, 0) is 0 Å². The normalized spacial score (nSPS) is 11.2. The van der Waals surface area contributed by atoms with Crippen molar-refractivity contribution in [1.82, 2.24) is 0 Å². The fourth-order valence-electron chi connectivity index (χ4n) is 1.42. The van der Waals surface area contributed by atoms with E-state index in [4.69, 9.17) is 34.8 Å². The van der Waals surface area contributed by atoms with E-state index in [2.05, 4.69) is 20.9 Å². The number of phenols is 1. The molecular formula is C13H7BrCl3NO. The molecule has 0 spiro atoms. The second kappa shape index (κ2) is 6.14. The maximum atomic E-state index is 9.82. The van der Waals surface area contributed by atoms with Gasteiger partial charge in [-0.3, -0.25) is 4.99 Å². The van der Waals surface area contributed by atoms with Gasteiger partial charge < -0.3 is 5.11 Å². The van der Waals surface area contributed by atoms with E-state index >= 15 is 0 Å². The number of halogens is 4. The molecule has 0 bridgehead atoms. The van der Waals surface area contributed by atoms with Crippen molar-refractivity contribution in [2.75, 3.05) is 0 Å². The van der Waals surface area contributed by atoms with E-state index in [1.807, 2.05) is 0 Å². The van der Waals surface area contributed by atoms with Crippen LogP contribution in [0.15, 0.2) is 39.8 Å². The van der Waals surface area contributed by atoms with Crippen LogP contribution in [0.1, 0.15) is 5.56 Å². The smallest absolute Gasteiger partial charge is 0.143 e. The Morgan fingerprint density at radius 3 is 2.58 bits per heavy atom. The van der Waals surface area contributed by atoms with Crippen LogP contribution in [0.4, 0.5) is 5.69 Å². The van der Waals surface area contributed by atoms with Gasteiger partial charge in [0.25, 0.3) is 0 Å². The highest BCUT2D eigenvalue weighted by molar-refractivity contribution is 9.10. The van der Waals surface area contributed by atoms with Crippen molar-refractivity contribution in [3.8, 4) is 5.75 Å². The van der Waals surface area contributed by atoms with Crippen molar-refractivity contribution < 1.29 is 5.11 Å². The van der Waals surface area contributed by atoms with Crippen molar-refractivity contribution in [3.63, 3.8) is 0 Å². The fraction of sp³-hybridized carbons (Fsp3) is 0. The summed E-state index contributed by atoms with van der Waals surface area (Å²) in [5.74, 6) is -0.0354. The topological polar surface area (TPSA) is 32.6 Å². The molecule has 0 amide bonds. The van der Waals surface area contributed by atoms with Crippen LogP contribution in [0.5, 0.6) is 5.75 Å². The highest BCUT2D eigenvalue weighted by atomic mass is 79.9. The summed E-state index contributed by atoms with van der Waals surface area (Å²) in [4.78, 5) is 4.20. The summed E-state index contributed by atoms with van der Waals surface area (Å²) < 4.78 is 0.744. The minimum atomic E-state index is -0.0354. The van der Waals surface area contributed by atoms with Gasteiger partial charge in [0.15, 0.2) is 0 Å². The van der Waals surface area contributed by atoms with Crippen LogP contribution in [0.2, 0.25) is 15.1 Å². The highest BCUT2D eigenvalue weighted by Crippen LogP contribution is 2.33. The largest absolute Gasteiger partial charge is 0.506 e. The summed E-state index contributed by atoms with van der Waals surface area (Å²) in [5.41, 5.74) is 1.00. The molecule has 0 atom stereocenters. The van der Waals surface area contributed by atoms with E-state index < -0.39 is 0 Å². The molecule has 0 aliphatic carbocycles. The molecule has 2 rings (SSSR count). The molecule has 0 radical (unpaired) electrons. The van der Waals surface area contributed by atoms with Gasteiger partial charge in [0.2, 0.25) is 0 Å². The molecule has 98 valence electrons. The molecule has 1 N–H and O–H groups in total. The molecule has 0 aliphatic heterocycles. The van der Waals surface area contributed by atoms with Gasteiger partial charge in [-0.1, -0.05) is 56.8 Å². The Balaban J connectivity index is 2.41. The number of benzene rings is 2. The first-order valence-electron chi connectivity index (χ1n) is 5.15. The molecule has 0 aromatic heterocycles. The Hall–Kier alpha value is -0.740. The van der Waals surface area contributed by atoms with Gasteiger partial charge >= 0.3 is 0 Å². The van der Waals surface area contributed by atoms with Gasteiger partial charge in [-0.15, -0.1) is 0 Å². The van der Waals surface area contributed by atoms with Crippen molar-refractivity contribution in [3.05, 3.63) is 55.4 Å². The zero-order chi connectivity index (χ0) is 14.0. The molecule has 6 heteroatoms. The Bertz CT molecular complexity index is 659. The average Bonchev–Trinajstić information content (AvgIpc) is 2.36. The first-order chi connectivity index (χ1) is 8.99. The second-order valence-corrected chi connectivity index (χ2v) is 5.76. The van der Waals surface area contributed by atoms with Gasteiger partial charge in [-0.25, -0.2) is 0 Å². The predicted octanol–water partition coefficient (Wildman–Crippen LogP) is 5.87. The number of aliphatic imine (C=N–C) groups is 1. The SMILES string of the molecule is Oc1c(Cl)cc(Br)cc1C=Nc1cccc(Cl)c1Cl. The zero-order valence-corrected chi connectivity index (χ0v) is 13.2. The third-order valence-corrected chi connectivity index (χ3v) is 3.89. The monoisotopic (exact) mass is 377 g/mol. The minimum absolute atomic E-state index is 0.0354. The van der Waals surface area contributed by atoms with Crippen LogP contribution in [0.25, 0.3) is 0 Å². The van der Waals surface area contributed by atoms with Gasteiger partial charge in [0, 0.05) is 16.3 Å². The standard InChI is InChI=1S/C13H7BrCl3NO/c14-8-4-7(13(19)10(16)5-8)6-18-11-3-1-2-9(15)12(11)17/h1-6,19H. The Kier molecular flexibility index (Phi) is 4.74. The molecule has 0 saturated heterocycles. The summed E-state index contributed by atoms with van der Waals surface area (Å²) in [5, 5.41) is 10.9. The number of aromatic hydroxyl groups is 1. The van der Waals surface area contributed by atoms with Crippen LogP contribution < -0.4 is 0 Å². The molecule has 0 fully saturated rings. The van der Waals surface area contributed by atoms with Crippen molar-refractivity contribution in [1.29, 1.82) is 0 Å². The molecule has 2 aromatic carbocycles. The number of hydrogen-bond donors (Lipinski definition) is 1. The third-order valence-electron chi connectivity index (χ3n) is 2.33. The molecule has 0 heterocycles. The Morgan fingerprint density at radius 2 is 1.84 bits per heavy atom. The zero-order valence-electron chi connectivity index (χ0n) is 9.37. The maximum absolute atomic E-state index is 9.82. The molecule has 0 saturated carbocycles. The summed E-state index contributed by atoms with van der Waals surface area (Å²) >= 11 is 21.1. The van der Waals surface area contributed by atoms with Gasteiger partial charge in [0.1, 0.15) is 5.75 Å². The first kappa shape index (κ1) is 14.7. The van der Waals surface area contributed by atoms with Crippen LogP contribution in [-0.4, -0.2) is 11.3 Å². The summed E-state index contributed by atoms with van der Waals surface area (Å²) in [6.45, 7) is 0. The molecule has 2 nitrogen and oxygen atoms in total. The third kappa shape index (κ3) is 3.42. The molecule has 0 unspecified atom stereocenters. The summed E-state index contributed by atoms with van der Waals surface area (Å²) in [6, 6.07) is 8.44. The fourth-order valence-corrected chi connectivity index (χ4v) is 2.59. The minimum Gasteiger partial charge on any atom is -0.506 e. The lowest BCUT2D eigenvalue weighted by atomic mass is 10.2. The number of phenolic OH excluding ortho intramolecular Hbond substituents is 1. The second-order valence-electron chi connectivity index (χ2n) is 3.66. The van der Waals surface area contributed by atoms with Crippen molar-refractivity contribution in [2.24, 2.45) is 4.99 Å². The molecular weight excluding hydrogens is 372 g/mol. The number of hydrogen-bond acceptors (Lipinski definition) is 2. The van der Waals surface area contributed by atoms with Crippen LogP contribution in [0, 0.1) is 0 Å². The maximum Gasteiger partial charge on any atom is 0.143 e. The highest BCUT2D eigenvalue weighted by Gasteiger charge is 2.07. The van der Waals surface area contributed by atoms with E-state index in [0.717, 1.165) is 4.47 Å². The Labute approximate surface area is 133 Å². The van der Waals surface area contributed by atoms with E-state index in [-0.39, 0.29) is 10.8 Å². The first-order valence-corrected chi connectivity index (χ1v) is 7.08. The van der Waals surface area contributed by atoms with Crippen molar-refractivity contribution in [2.45, 2.75) is 0 Å². The van der Waals surface area contributed by atoms with Gasteiger partial charge in [-0.05, 0) is 24.3 Å². The summed E-state index contributed by atoms with van der Waals surface area (Å²) in [7, 11) is 0. The number of nitrogens with zero attached hydrogens (tertiary/aromatic N) is 1. The molecule has 0 aliphatic rings. The molecule has 19 heavy (non-hydrogen) atoms. The van der Waals surface area contributed by atoms with Gasteiger partial charge in [-0.2, -0.15) is 0 Å². The van der Waals surface area contributed by atoms with Crippen LogP contribution in [0.3, 0.4) is 0 Å². The van der Waals surface area contributed by atoms with E-state index in [9.17, 15) is 5.11 Å². The van der Waals surface area contributed by atoms with Gasteiger partial charge in [0.05, 0.1) is 20.8 Å². The Morgan fingerprint density at radius 1 is 1.11 bits per heavy atom. The van der Waals surface area contributed by atoms with E-state index in [1.165, 1.54) is 6.21 Å². The van der Waals surface area contributed by atoms with Crippen molar-refractivity contribution >= 4 is 62.6 Å². The van der Waals surface area contributed by atoms with Crippen LogP contribution >= 0.6 is 50.7 Å². The van der Waals surface area contributed by atoms with E-state index in [1.54, 1.807) is 30.3 Å². The lowest BCUT2D eigenvalue weighted by molar-refractivity contribution is 0.474. The lowest BCUT2D eigenvalue weighted by Gasteiger charge is -2.03. The lowest BCUT2D eigenvalue weighted by Crippen LogP contribution is -1.84. The predicted molar refractivity (Wildman–Crippen MR) is 84.5 cm³/mol. The summed E-state index contributed by atoms with van der Waals surface area (Å²) in [6.07, 6.45) is 1.48. The average molecular weight is 379 g/mol. The molecule has 2 aromatic rings. The van der Waals surface area contributed by atoms with E-state index in [0.29, 0.717) is 21.3 Å².